The van der Waals surface area contributed by atoms with Crippen LogP contribution in [0.3, 0.4) is 0 Å². The molecule has 1 N–H and O–H groups in total. The number of nitrogens with zero attached hydrogens (tertiary/aromatic N) is 4. The van der Waals surface area contributed by atoms with Gasteiger partial charge in [-0.3, -0.25) is 19.5 Å². The molecule has 1 amide bonds. The molecule has 1 aliphatic rings. The van der Waals surface area contributed by atoms with E-state index >= 15 is 0 Å². The fraction of sp³-hybridized carbons (Fsp3) is 0.550. The molecule has 3 rings (SSSR count). The lowest BCUT2D eigenvalue weighted by Crippen LogP contribution is -2.33. The van der Waals surface area contributed by atoms with Gasteiger partial charge in [0.25, 0.3) is 0 Å². The number of carbonyl (C=O) groups excluding carboxylic acids is 2. The highest BCUT2D eigenvalue weighted by molar-refractivity contribution is 5.87. The lowest BCUT2D eigenvalue weighted by Gasteiger charge is -2.20. The first-order chi connectivity index (χ1) is 14.3. The van der Waals surface area contributed by atoms with Crippen molar-refractivity contribution in [2.45, 2.75) is 65.5 Å². The molecule has 10 nitrogen and oxygen atoms in total. The van der Waals surface area contributed by atoms with Crippen LogP contribution in [0.5, 0.6) is 0 Å². The smallest absolute Gasteiger partial charge is 0.333 e. The van der Waals surface area contributed by atoms with Gasteiger partial charge in [0.1, 0.15) is 11.6 Å². The van der Waals surface area contributed by atoms with Crippen molar-refractivity contribution < 1.29 is 19.1 Å². The van der Waals surface area contributed by atoms with Crippen LogP contribution in [0.15, 0.2) is 11.0 Å². The van der Waals surface area contributed by atoms with Crippen LogP contribution in [0, 0.1) is 18.3 Å². The Bertz CT molecular complexity index is 1070. The maximum Gasteiger partial charge on any atom is 0.333 e. The molecule has 0 bridgehead atoms. The molecule has 2 aromatic rings. The van der Waals surface area contributed by atoms with E-state index in [4.69, 9.17) is 15.9 Å². The molecule has 0 radical (unpaired) electrons. The zero-order valence-electron chi connectivity index (χ0n) is 17.4. The van der Waals surface area contributed by atoms with Gasteiger partial charge in [-0.1, -0.05) is 26.2 Å². The highest BCUT2D eigenvalue weighted by Crippen LogP contribution is 2.36. The second-order valence-corrected chi connectivity index (χ2v) is 7.36. The van der Waals surface area contributed by atoms with Crippen molar-refractivity contribution in [2.75, 3.05) is 5.32 Å². The van der Waals surface area contributed by atoms with E-state index in [2.05, 4.69) is 21.2 Å². The van der Waals surface area contributed by atoms with Gasteiger partial charge in [0, 0.05) is 20.3 Å². The number of hydrogen-bond acceptors (Lipinski definition) is 7. The molecule has 3 heterocycles. The molecule has 4 atom stereocenters. The summed E-state index contributed by atoms with van der Waals surface area (Å²) in [5.41, 5.74) is 0.175. The number of ether oxygens (including phenoxy) is 2. The molecule has 1 aliphatic heterocycles. The second-order valence-electron chi connectivity index (χ2n) is 7.36. The first-order valence-electron chi connectivity index (χ1n) is 9.78. The van der Waals surface area contributed by atoms with E-state index in [1.165, 1.54) is 29.2 Å². The standard InChI is InChI=1S/C20H25N5O5/c1-6-8-24-14-10-21-19(22-12(4)26)23-17(14)25(20(24)28)18-16(29-13(5)27)9-15(30-18)11(3)7-2/h1,10-11,15-16,18H,7-9H2,2-5H3,(H,21,22,23,26)/t11-,15-,16+,18+/m0/s1. The summed E-state index contributed by atoms with van der Waals surface area (Å²) in [4.78, 5) is 44.8. The molecule has 160 valence electrons. The van der Waals surface area contributed by atoms with Crippen molar-refractivity contribution in [2.24, 2.45) is 5.92 Å². The van der Waals surface area contributed by atoms with Crippen molar-refractivity contribution in [3.63, 3.8) is 0 Å². The van der Waals surface area contributed by atoms with Crippen LogP contribution in [0.25, 0.3) is 11.2 Å². The van der Waals surface area contributed by atoms with Crippen LogP contribution in [0.2, 0.25) is 0 Å². The van der Waals surface area contributed by atoms with Gasteiger partial charge in [-0.2, -0.15) is 4.98 Å². The number of amides is 1. The number of carbonyl (C=O) groups is 2. The minimum Gasteiger partial charge on any atom is -0.458 e. The number of terminal acetylenes is 1. The number of rotatable bonds is 6. The predicted molar refractivity (Wildman–Crippen MR) is 108 cm³/mol. The number of fused-ring (bicyclic) bond motifs is 1. The summed E-state index contributed by atoms with van der Waals surface area (Å²) < 4.78 is 14.3. The van der Waals surface area contributed by atoms with Crippen molar-refractivity contribution in [1.82, 2.24) is 19.1 Å². The number of nitrogens with one attached hydrogen (secondary N) is 1. The van der Waals surface area contributed by atoms with E-state index in [1.807, 2.05) is 13.8 Å². The quantitative estimate of drug-likeness (QED) is 0.560. The fourth-order valence-corrected chi connectivity index (χ4v) is 3.59. The Morgan fingerprint density at radius 3 is 2.80 bits per heavy atom. The molecular formula is C20H25N5O5. The number of aromatic nitrogens is 4. The second kappa shape index (κ2) is 8.67. The fourth-order valence-electron chi connectivity index (χ4n) is 3.59. The summed E-state index contributed by atoms with van der Waals surface area (Å²) in [6.45, 7) is 6.73. The summed E-state index contributed by atoms with van der Waals surface area (Å²) in [6, 6.07) is 0. The molecule has 0 unspecified atom stereocenters. The van der Waals surface area contributed by atoms with Crippen LogP contribution >= 0.6 is 0 Å². The maximum absolute atomic E-state index is 13.2. The third-order valence-corrected chi connectivity index (χ3v) is 5.19. The Morgan fingerprint density at radius 1 is 1.47 bits per heavy atom. The lowest BCUT2D eigenvalue weighted by atomic mass is 9.99. The highest BCUT2D eigenvalue weighted by Gasteiger charge is 2.42. The molecule has 30 heavy (non-hydrogen) atoms. The van der Waals surface area contributed by atoms with Crippen molar-refractivity contribution in [3.05, 3.63) is 16.7 Å². The van der Waals surface area contributed by atoms with Crippen LogP contribution in [0.4, 0.5) is 5.95 Å². The molecule has 0 aromatic carbocycles. The van der Waals surface area contributed by atoms with Crippen LogP contribution in [0.1, 0.15) is 46.8 Å². The van der Waals surface area contributed by atoms with Crippen molar-refractivity contribution >= 4 is 29.0 Å². The molecule has 1 fully saturated rings. The predicted octanol–water partition coefficient (Wildman–Crippen LogP) is 1.45. The molecule has 2 aromatic heterocycles. The number of esters is 1. The third-order valence-electron chi connectivity index (χ3n) is 5.19. The third kappa shape index (κ3) is 4.07. The largest absolute Gasteiger partial charge is 0.458 e. The summed E-state index contributed by atoms with van der Waals surface area (Å²) in [5.74, 6) is 1.88. The van der Waals surface area contributed by atoms with E-state index in [-0.39, 0.29) is 36.1 Å². The molecule has 0 aliphatic carbocycles. The highest BCUT2D eigenvalue weighted by atomic mass is 16.6. The molecule has 10 heteroatoms. The topological polar surface area (TPSA) is 117 Å². The normalized spacial score (nSPS) is 21.9. The number of imidazole rings is 1. The summed E-state index contributed by atoms with van der Waals surface area (Å²) in [6.07, 6.45) is 6.45. The monoisotopic (exact) mass is 415 g/mol. The lowest BCUT2D eigenvalue weighted by molar-refractivity contribution is -0.152. The van der Waals surface area contributed by atoms with E-state index in [9.17, 15) is 14.4 Å². The van der Waals surface area contributed by atoms with E-state index in [0.29, 0.717) is 11.9 Å². The van der Waals surface area contributed by atoms with E-state index in [1.54, 1.807) is 0 Å². The van der Waals surface area contributed by atoms with Gasteiger partial charge in [0.15, 0.2) is 11.9 Å². The summed E-state index contributed by atoms with van der Waals surface area (Å²) in [7, 11) is 0. The number of anilines is 1. The van der Waals surface area contributed by atoms with Gasteiger partial charge in [-0.05, 0) is 5.92 Å². The maximum atomic E-state index is 13.2. The minimum absolute atomic E-state index is 0.00488. The van der Waals surface area contributed by atoms with E-state index < -0.39 is 24.0 Å². The Kier molecular flexibility index (Phi) is 6.22. The van der Waals surface area contributed by atoms with Gasteiger partial charge in [-0.25, -0.2) is 14.3 Å². The van der Waals surface area contributed by atoms with Crippen LogP contribution in [-0.2, 0) is 25.6 Å². The Balaban J connectivity index is 2.17. The van der Waals surface area contributed by atoms with Gasteiger partial charge in [-0.15, -0.1) is 6.42 Å². The Hall–Kier alpha value is -3.19. The van der Waals surface area contributed by atoms with Crippen LogP contribution < -0.4 is 11.0 Å². The molecule has 1 saturated heterocycles. The average Bonchev–Trinajstić information content (AvgIpc) is 3.19. The molecular weight excluding hydrogens is 390 g/mol. The van der Waals surface area contributed by atoms with Gasteiger partial charge in [0.05, 0.1) is 18.8 Å². The Labute approximate surface area is 173 Å². The van der Waals surface area contributed by atoms with Crippen LogP contribution in [-0.4, -0.2) is 43.2 Å². The molecule has 0 spiro atoms. The SMILES string of the molecule is C#CCn1c(=O)n([C@@H]2O[C@H]([C@@H](C)CC)C[C@H]2OC(C)=O)c2nc(NC(C)=O)ncc21. The minimum atomic E-state index is -0.873. The first kappa shape index (κ1) is 21.5. The van der Waals surface area contributed by atoms with Crippen molar-refractivity contribution in [3.8, 4) is 12.3 Å². The number of hydrogen-bond donors (Lipinski definition) is 1. The van der Waals surface area contributed by atoms with Gasteiger partial charge < -0.3 is 9.47 Å². The first-order valence-corrected chi connectivity index (χ1v) is 9.78. The summed E-state index contributed by atoms with van der Waals surface area (Å²) >= 11 is 0. The summed E-state index contributed by atoms with van der Waals surface area (Å²) in [5, 5.41) is 2.50. The zero-order chi connectivity index (χ0) is 22.0. The zero-order valence-corrected chi connectivity index (χ0v) is 17.4. The van der Waals surface area contributed by atoms with Gasteiger partial charge >= 0.3 is 11.7 Å². The average molecular weight is 415 g/mol. The Morgan fingerprint density at radius 2 is 2.20 bits per heavy atom. The molecule has 0 saturated carbocycles. The van der Waals surface area contributed by atoms with E-state index in [0.717, 1.165) is 6.42 Å². The van der Waals surface area contributed by atoms with Crippen molar-refractivity contribution in [1.29, 1.82) is 0 Å². The van der Waals surface area contributed by atoms with Gasteiger partial charge in [0.2, 0.25) is 11.9 Å².